The minimum Gasteiger partial charge on any atom is -0.378 e. The summed E-state index contributed by atoms with van der Waals surface area (Å²) in [5, 5.41) is 3.68. The van der Waals surface area contributed by atoms with Crippen LogP contribution in [0.25, 0.3) is 0 Å². The first kappa shape index (κ1) is 14.3. The summed E-state index contributed by atoms with van der Waals surface area (Å²) in [6.07, 6.45) is 6.88. The maximum atomic E-state index is 5.75. The molecule has 1 N–H and O–H groups in total. The van der Waals surface area contributed by atoms with Crippen LogP contribution in [0.5, 0.6) is 0 Å². The average Bonchev–Trinajstić information content (AvgIpc) is 2.82. The van der Waals surface area contributed by atoms with Crippen LogP contribution in [0, 0.1) is 0 Å². The first-order valence-corrected chi connectivity index (χ1v) is 7.71. The van der Waals surface area contributed by atoms with Crippen LogP contribution in [0.3, 0.4) is 0 Å². The van der Waals surface area contributed by atoms with Gasteiger partial charge in [0.15, 0.2) is 0 Å². The van der Waals surface area contributed by atoms with Crippen molar-refractivity contribution in [2.24, 2.45) is 0 Å². The number of hydrogen-bond acceptors (Lipinski definition) is 3. The van der Waals surface area contributed by atoms with Crippen LogP contribution in [0.15, 0.2) is 0 Å². The normalized spacial score (nSPS) is 32.8. The molecular weight excluding hydrogens is 224 g/mol. The van der Waals surface area contributed by atoms with Crippen molar-refractivity contribution in [3.8, 4) is 0 Å². The Morgan fingerprint density at radius 1 is 1.33 bits per heavy atom. The van der Waals surface area contributed by atoms with Crippen molar-refractivity contribution in [2.75, 3.05) is 26.2 Å². The van der Waals surface area contributed by atoms with E-state index in [2.05, 4.69) is 31.0 Å². The zero-order valence-electron chi connectivity index (χ0n) is 12.4. The van der Waals surface area contributed by atoms with E-state index in [0.717, 1.165) is 19.2 Å². The van der Waals surface area contributed by atoms with Crippen molar-refractivity contribution in [1.29, 1.82) is 0 Å². The first-order valence-electron chi connectivity index (χ1n) is 7.71. The molecule has 0 aromatic carbocycles. The minimum atomic E-state index is 0.265. The summed E-state index contributed by atoms with van der Waals surface area (Å²) in [6.45, 7) is 11.4. The third kappa shape index (κ3) is 3.94. The molecule has 0 radical (unpaired) electrons. The van der Waals surface area contributed by atoms with Gasteiger partial charge in [0.2, 0.25) is 0 Å². The molecule has 0 aromatic heterocycles. The van der Waals surface area contributed by atoms with E-state index in [1.165, 1.54) is 45.2 Å². The molecule has 106 valence electrons. The maximum Gasteiger partial charge on any atom is 0.0588 e. The molecule has 3 heteroatoms. The second-order valence-corrected chi connectivity index (χ2v) is 6.60. The van der Waals surface area contributed by atoms with E-state index in [9.17, 15) is 0 Å². The Balaban J connectivity index is 1.83. The number of piperazine rings is 1. The third-order valence-corrected chi connectivity index (χ3v) is 4.32. The Kier molecular flexibility index (Phi) is 5.05. The highest BCUT2D eigenvalue weighted by molar-refractivity contribution is 4.92. The monoisotopic (exact) mass is 254 g/mol. The number of rotatable bonds is 5. The molecule has 2 fully saturated rings. The molecule has 2 aliphatic heterocycles. The van der Waals surface area contributed by atoms with Crippen LogP contribution in [-0.2, 0) is 4.74 Å². The molecule has 0 aliphatic carbocycles. The topological polar surface area (TPSA) is 24.5 Å². The van der Waals surface area contributed by atoms with Gasteiger partial charge >= 0.3 is 0 Å². The summed E-state index contributed by atoms with van der Waals surface area (Å²) in [6, 6.07) is 0.726. The number of nitrogens with one attached hydrogen (secondary N) is 1. The highest BCUT2D eigenvalue weighted by atomic mass is 16.5. The van der Waals surface area contributed by atoms with Crippen LogP contribution >= 0.6 is 0 Å². The molecule has 0 saturated carbocycles. The maximum absolute atomic E-state index is 5.75. The standard InChI is InChI=1S/C15H30N2O/c1-4-6-13-11-16-15(2,3)12-17(13)9-8-14-7-5-10-18-14/h13-14,16H,4-12H2,1-3H3. The SMILES string of the molecule is CCCC1CNC(C)(C)CN1CCC1CCCO1. The Labute approximate surface area is 112 Å². The lowest BCUT2D eigenvalue weighted by molar-refractivity contribution is 0.0549. The van der Waals surface area contributed by atoms with Crippen LogP contribution in [0.1, 0.15) is 52.9 Å². The van der Waals surface area contributed by atoms with Gasteiger partial charge in [-0.3, -0.25) is 4.90 Å². The van der Waals surface area contributed by atoms with Crippen molar-refractivity contribution < 1.29 is 4.74 Å². The second kappa shape index (κ2) is 6.36. The van der Waals surface area contributed by atoms with Crippen LogP contribution in [-0.4, -0.2) is 48.8 Å². The molecule has 2 aliphatic rings. The summed E-state index contributed by atoms with van der Waals surface area (Å²) < 4.78 is 5.75. The Morgan fingerprint density at radius 3 is 2.83 bits per heavy atom. The summed E-state index contributed by atoms with van der Waals surface area (Å²) >= 11 is 0. The van der Waals surface area contributed by atoms with Gasteiger partial charge in [-0.25, -0.2) is 0 Å². The lowest BCUT2D eigenvalue weighted by Gasteiger charge is -2.45. The number of nitrogens with zero attached hydrogens (tertiary/aromatic N) is 1. The Morgan fingerprint density at radius 2 is 2.17 bits per heavy atom. The fourth-order valence-electron chi connectivity index (χ4n) is 3.28. The van der Waals surface area contributed by atoms with Crippen molar-refractivity contribution in [1.82, 2.24) is 10.2 Å². The van der Waals surface area contributed by atoms with Gasteiger partial charge in [0.1, 0.15) is 0 Å². The third-order valence-electron chi connectivity index (χ3n) is 4.32. The average molecular weight is 254 g/mol. The van der Waals surface area contributed by atoms with E-state index in [1.807, 2.05) is 0 Å². The highest BCUT2D eigenvalue weighted by Crippen LogP contribution is 2.21. The van der Waals surface area contributed by atoms with Crippen molar-refractivity contribution in [3.63, 3.8) is 0 Å². The molecule has 2 atom stereocenters. The molecule has 2 heterocycles. The molecule has 3 nitrogen and oxygen atoms in total. The van der Waals surface area contributed by atoms with Gasteiger partial charge in [-0.05, 0) is 39.5 Å². The van der Waals surface area contributed by atoms with E-state index < -0.39 is 0 Å². The van der Waals surface area contributed by atoms with Gasteiger partial charge < -0.3 is 10.1 Å². The van der Waals surface area contributed by atoms with Crippen molar-refractivity contribution in [3.05, 3.63) is 0 Å². The van der Waals surface area contributed by atoms with E-state index in [0.29, 0.717) is 6.10 Å². The van der Waals surface area contributed by atoms with E-state index in [-0.39, 0.29) is 5.54 Å². The first-order chi connectivity index (χ1) is 8.61. The van der Waals surface area contributed by atoms with Gasteiger partial charge in [0.25, 0.3) is 0 Å². The lowest BCUT2D eigenvalue weighted by Crippen LogP contribution is -2.61. The minimum absolute atomic E-state index is 0.265. The molecule has 0 spiro atoms. The summed E-state index contributed by atoms with van der Waals surface area (Å²) in [4.78, 5) is 2.70. The highest BCUT2D eigenvalue weighted by Gasteiger charge is 2.32. The van der Waals surface area contributed by atoms with Crippen LogP contribution in [0.4, 0.5) is 0 Å². The van der Waals surface area contributed by atoms with Crippen LogP contribution < -0.4 is 5.32 Å². The predicted octanol–water partition coefficient (Wildman–Crippen LogP) is 2.41. The Bertz CT molecular complexity index is 249. The molecule has 2 unspecified atom stereocenters. The summed E-state index contributed by atoms with van der Waals surface area (Å²) in [5.41, 5.74) is 0.265. The summed E-state index contributed by atoms with van der Waals surface area (Å²) in [5.74, 6) is 0. The lowest BCUT2D eigenvalue weighted by atomic mass is 9.96. The van der Waals surface area contributed by atoms with Crippen molar-refractivity contribution in [2.45, 2.75) is 70.6 Å². The van der Waals surface area contributed by atoms with Crippen molar-refractivity contribution >= 4 is 0 Å². The molecule has 2 saturated heterocycles. The fourth-order valence-corrected chi connectivity index (χ4v) is 3.28. The fraction of sp³-hybridized carbons (Fsp3) is 1.00. The number of ether oxygens (including phenoxy) is 1. The zero-order chi connectivity index (χ0) is 13.0. The predicted molar refractivity (Wildman–Crippen MR) is 75.9 cm³/mol. The van der Waals surface area contributed by atoms with Gasteiger partial charge in [-0.15, -0.1) is 0 Å². The molecule has 0 bridgehead atoms. The van der Waals surface area contributed by atoms with Gasteiger partial charge in [0, 0.05) is 37.8 Å². The van der Waals surface area contributed by atoms with E-state index in [4.69, 9.17) is 4.74 Å². The smallest absolute Gasteiger partial charge is 0.0588 e. The summed E-state index contributed by atoms with van der Waals surface area (Å²) in [7, 11) is 0. The molecule has 0 amide bonds. The Hall–Kier alpha value is -0.120. The van der Waals surface area contributed by atoms with Gasteiger partial charge in [0.05, 0.1) is 6.10 Å². The van der Waals surface area contributed by atoms with Gasteiger partial charge in [-0.2, -0.15) is 0 Å². The van der Waals surface area contributed by atoms with Crippen LogP contribution in [0.2, 0.25) is 0 Å². The molecule has 18 heavy (non-hydrogen) atoms. The molecular formula is C15H30N2O. The quantitative estimate of drug-likeness (QED) is 0.815. The van der Waals surface area contributed by atoms with E-state index >= 15 is 0 Å². The van der Waals surface area contributed by atoms with E-state index in [1.54, 1.807) is 0 Å². The van der Waals surface area contributed by atoms with Gasteiger partial charge in [-0.1, -0.05) is 13.3 Å². The second-order valence-electron chi connectivity index (χ2n) is 6.60. The number of hydrogen-bond donors (Lipinski definition) is 1. The largest absolute Gasteiger partial charge is 0.378 e. The zero-order valence-corrected chi connectivity index (χ0v) is 12.4. The molecule has 2 rings (SSSR count). The molecule has 0 aromatic rings.